The molecule has 0 atom stereocenters. The minimum absolute atomic E-state index is 0.0926. The van der Waals surface area contributed by atoms with E-state index in [9.17, 15) is 4.79 Å². The Morgan fingerprint density at radius 1 is 1.04 bits per heavy atom. The first-order chi connectivity index (χ1) is 11.6. The van der Waals surface area contributed by atoms with Crippen LogP contribution in [0.2, 0.25) is 0 Å². The van der Waals surface area contributed by atoms with Crippen molar-refractivity contribution < 1.29 is 4.79 Å². The number of pyridine rings is 1. The second kappa shape index (κ2) is 5.64. The Kier molecular flexibility index (Phi) is 3.45. The summed E-state index contributed by atoms with van der Waals surface area (Å²) in [5.74, 6) is 0.767. The highest BCUT2D eigenvalue weighted by Crippen LogP contribution is 2.33. The van der Waals surface area contributed by atoms with Crippen LogP contribution in [0.25, 0.3) is 10.8 Å². The summed E-state index contributed by atoms with van der Waals surface area (Å²) in [7, 11) is 3.88. The summed E-state index contributed by atoms with van der Waals surface area (Å²) in [6.45, 7) is 0. The number of anilines is 2. The Labute approximate surface area is 141 Å². The molecule has 3 aromatic rings. The molecule has 1 aliphatic carbocycles. The van der Waals surface area contributed by atoms with Gasteiger partial charge in [0.15, 0.2) is 0 Å². The van der Waals surface area contributed by atoms with Gasteiger partial charge in [0.1, 0.15) is 5.82 Å². The van der Waals surface area contributed by atoms with Crippen LogP contribution in [0.3, 0.4) is 0 Å². The Hall–Kier alpha value is -2.88. The SMILES string of the molecule is CN(C)c1ccc(NC(=O)c2ccc3c4c(cccc24)CC3)cn1. The van der Waals surface area contributed by atoms with E-state index in [1.54, 1.807) is 6.20 Å². The van der Waals surface area contributed by atoms with Gasteiger partial charge in [-0.15, -0.1) is 0 Å². The van der Waals surface area contributed by atoms with Crippen molar-refractivity contribution in [1.29, 1.82) is 0 Å². The average molecular weight is 317 g/mol. The van der Waals surface area contributed by atoms with Crippen LogP contribution in [0.4, 0.5) is 11.5 Å². The molecule has 2 aromatic carbocycles. The standard InChI is InChI=1S/C20H19N3O/c1-23(2)18-11-9-15(12-21-18)22-20(24)17-10-8-14-7-6-13-4-3-5-16(17)19(13)14/h3-5,8-12H,6-7H2,1-2H3,(H,22,24). The lowest BCUT2D eigenvalue weighted by molar-refractivity contribution is 0.102. The molecule has 0 bridgehead atoms. The van der Waals surface area contributed by atoms with Crippen molar-refractivity contribution in [2.24, 2.45) is 0 Å². The fourth-order valence-electron chi connectivity index (χ4n) is 3.37. The fourth-order valence-corrected chi connectivity index (χ4v) is 3.37. The zero-order chi connectivity index (χ0) is 16.7. The number of aryl methyl sites for hydroxylation is 2. The molecule has 0 saturated carbocycles. The Morgan fingerprint density at radius 3 is 2.54 bits per heavy atom. The molecule has 0 saturated heterocycles. The monoisotopic (exact) mass is 317 g/mol. The van der Waals surface area contributed by atoms with Gasteiger partial charge in [-0.1, -0.05) is 24.3 Å². The predicted octanol–water partition coefficient (Wildman–Crippen LogP) is 3.65. The number of hydrogen-bond donors (Lipinski definition) is 1. The number of hydrogen-bond acceptors (Lipinski definition) is 3. The average Bonchev–Trinajstić information content (AvgIpc) is 3.01. The zero-order valence-electron chi connectivity index (χ0n) is 13.8. The summed E-state index contributed by atoms with van der Waals surface area (Å²) in [6, 6.07) is 14.0. The molecule has 0 aliphatic heterocycles. The van der Waals surface area contributed by atoms with Crippen molar-refractivity contribution in [3.05, 3.63) is 65.4 Å². The number of nitrogens with one attached hydrogen (secondary N) is 1. The number of amides is 1. The molecule has 4 rings (SSSR count). The maximum absolute atomic E-state index is 12.7. The molecule has 1 heterocycles. The van der Waals surface area contributed by atoms with Gasteiger partial charge in [-0.3, -0.25) is 4.79 Å². The third-order valence-electron chi connectivity index (χ3n) is 4.59. The van der Waals surface area contributed by atoms with Gasteiger partial charge in [0.2, 0.25) is 0 Å². The predicted molar refractivity (Wildman–Crippen MR) is 97.9 cm³/mol. The molecule has 4 heteroatoms. The van der Waals surface area contributed by atoms with Crippen LogP contribution in [0, 0.1) is 0 Å². The van der Waals surface area contributed by atoms with E-state index < -0.39 is 0 Å². The second-order valence-electron chi connectivity index (χ2n) is 6.37. The lowest BCUT2D eigenvalue weighted by Gasteiger charge is -2.12. The van der Waals surface area contributed by atoms with Gasteiger partial charge in [-0.25, -0.2) is 4.98 Å². The molecule has 0 fully saturated rings. The van der Waals surface area contributed by atoms with E-state index >= 15 is 0 Å². The van der Waals surface area contributed by atoms with Gasteiger partial charge < -0.3 is 10.2 Å². The lowest BCUT2D eigenvalue weighted by atomic mass is 9.99. The van der Waals surface area contributed by atoms with Gasteiger partial charge in [-0.05, 0) is 52.9 Å². The summed E-state index contributed by atoms with van der Waals surface area (Å²) in [4.78, 5) is 19.0. The number of rotatable bonds is 3. The van der Waals surface area contributed by atoms with Crippen LogP contribution < -0.4 is 10.2 Å². The molecule has 0 radical (unpaired) electrons. The molecule has 0 spiro atoms. The van der Waals surface area contributed by atoms with Crippen LogP contribution in [0.15, 0.2) is 48.7 Å². The molecule has 0 unspecified atom stereocenters. The van der Waals surface area contributed by atoms with E-state index in [0.717, 1.165) is 24.0 Å². The van der Waals surface area contributed by atoms with Crippen molar-refractivity contribution in [2.45, 2.75) is 12.8 Å². The molecule has 1 N–H and O–H groups in total. The Balaban J connectivity index is 1.67. The van der Waals surface area contributed by atoms with E-state index in [1.807, 2.05) is 49.3 Å². The van der Waals surface area contributed by atoms with Crippen LogP contribution in [-0.4, -0.2) is 25.0 Å². The first-order valence-corrected chi connectivity index (χ1v) is 8.12. The van der Waals surface area contributed by atoms with Crippen molar-refractivity contribution in [3.63, 3.8) is 0 Å². The maximum Gasteiger partial charge on any atom is 0.256 e. The van der Waals surface area contributed by atoms with E-state index in [0.29, 0.717) is 11.3 Å². The van der Waals surface area contributed by atoms with Gasteiger partial charge in [0.05, 0.1) is 11.9 Å². The summed E-state index contributed by atoms with van der Waals surface area (Å²) < 4.78 is 0. The van der Waals surface area contributed by atoms with Crippen LogP contribution in [0.1, 0.15) is 21.5 Å². The van der Waals surface area contributed by atoms with E-state index in [1.165, 1.54) is 16.5 Å². The Bertz CT molecular complexity index is 919. The number of carbonyl (C=O) groups is 1. The van der Waals surface area contributed by atoms with Crippen molar-refractivity contribution in [2.75, 3.05) is 24.3 Å². The van der Waals surface area contributed by atoms with E-state index in [4.69, 9.17) is 0 Å². The Morgan fingerprint density at radius 2 is 1.83 bits per heavy atom. The summed E-state index contributed by atoms with van der Waals surface area (Å²) in [5.41, 5.74) is 4.10. The van der Waals surface area contributed by atoms with E-state index in [-0.39, 0.29) is 5.91 Å². The third kappa shape index (κ3) is 2.40. The zero-order valence-corrected chi connectivity index (χ0v) is 13.8. The minimum Gasteiger partial charge on any atom is -0.363 e. The summed E-state index contributed by atoms with van der Waals surface area (Å²) >= 11 is 0. The summed E-state index contributed by atoms with van der Waals surface area (Å²) in [5, 5.41) is 5.25. The largest absolute Gasteiger partial charge is 0.363 e. The number of aromatic nitrogens is 1. The molecule has 1 amide bonds. The molecule has 1 aliphatic rings. The van der Waals surface area contributed by atoms with Crippen LogP contribution in [-0.2, 0) is 12.8 Å². The smallest absolute Gasteiger partial charge is 0.256 e. The number of benzene rings is 2. The van der Waals surface area contributed by atoms with Crippen LogP contribution >= 0.6 is 0 Å². The van der Waals surface area contributed by atoms with E-state index in [2.05, 4.69) is 22.4 Å². The normalized spacial score (nSPS) is 12.4. The van der Waals surface area contributed by atoms with Crippen molar-refractivity contribution >= 4 is 28.2 Å². The number of nitrogens with zero attached hydrogens (tertiary/aromatic N) is 2. The minimum atomic E-state index is -0.0926. The quantitative estimate of drug-likeness (QED) is 0.802. The van der Waals surface area contributed by atoms with Gasteiger partial charge >= 0.3 is 0 Å². The molecule has 4 nitrogen and oxygen atoms in total. The van der Waals surface area contributed by atoms with Crippen molar-refractivity contribution in [3.8, 4) is 0 Å². The molecule has 1 aromatic heterocycles. The maximum atomic E-state index is 12.7. The first kappa shape index (κ1) is 14.7. The molecular weight excluding hydrogens is 298 g/mol. The molecule has 24 heavy (non-hydrogen) atoms. The van der Waals surface area contributed by atoms with Gasteiger partial charge in [0, 0.05) is 19.7 Å². The summed E-state index contributed by atoms with van der Waals surface area (Å²) in [6.07, 6.45) is 3.81. The number of carbonyl (C=O) groups excluding carboxylic acids is 1. The van der Waals surface area contributed by atoms with Crippen LogP contribution in [0.5, 0.6) is 0 Å². The fraction of sp³-hybridized carbons (Fsp3) is 0.200. The van der Waals surface area contributed by atoms with Crippen molar-refractivity contribution in [1.82, 2.24) is 4.98 Å². The highest BCUT2D eigenvalue weighted by atomic mass is 16.1. The highest BCUT2D eigenvalue weighted by molar-refractivity contribution is 6.14. The van der Waals surface area contributed by atoms with Gasteiger partial charge in [-0.2, -0.15) is 0 Å². The molecule has 120 valence electrons. The highest BCUT2D eigenvalue weighted by Gasteiger charge is 2.18. The van der Waals surface area contributed by atoms with Gasteiger partial charge in [0.25, 0.3) is 5.91 Å². The topological polar surface area (TPSA) is 45.2 Å². The lowest BCUT2D eigenvalue weighted by Crippen LogP contribution is -2.14. The third-order valence-corrected chi connectivity index (χ3v) is 4.59. The second-order valence-corrected chi connectivity index (χ2v) is 6.37. The molecular formula is C20H19N3O. The first-order valence-electron chi connectivity index (χ1n) is 8.12.